The number of amides is 3. The predicted octanol–water partition coefficient (Wildman–Crippen LogP) is 0.541. The van der Waals surface area contributed by atoms with E-state index in [2.05, 4.69) is 15.6 Å². The summed E-state index contributed by atoms with van der Waals surface area (Å²) in [5, 5.41) is 23.7. The number of fused-ring (bicyclic) bond motifs is 3. The van der Waals surface area contributed by atoms with Gasteiger partial charge in [-0.05, 0) is 25.0 Å². The monoisotopic (exact) mass is 403 g/mol. The zero-order chi connectivity index (χ0) is 21.3. The Hall–Kier alpha value is -3.14. The molecule has 10 heteroatoms. The van der Waals surface area contributed by atoms with E-state index < -0.39 is 36.1 Å². The van der Waals surface area contributed by atoms with Crippen molar-refractivity contribution in [1.29, 1.82) is 0 Å². The van der Waals surface area contributed by atoms with Crippen molar-refractivity contribution in [1.82, 2.24) is 20.2 Å². The van der Waals surface area contributed by atoms with E-state index in [-0.39, 0.29) is 5.92 Å². The van der Waals surface area contributed by atoms with E-state index in [0.29, 0.717) is 19.0 Å². The van der Waals surface area contributed by atoms with Crippen LogP contribution in [0.15, 0.2) is 24.3 Å². The molecule has 3 unspecified atom stereocenters. The average molecular weight is 403 g/mol. The molecule has 1 aliphatic heterocycles. The number of benzene rings is 1. The summed E-state index contributed by atoms with van der Waals surface area (Å²) in [7, 11) is 0. The number of hydrogen-bond donors (Lipinski definition) is 4. The minimum atomic E-state index is -1.46. The van der Waals surface area contributed by atoms with Gasteiger partial charge in [0.25, 0.3) is 0 Å². The molecule has 0 radical (unpaired) electrons. The number of para-hydroxylation sites is 2. The molecule has 0 saturated heterocycles. The Morgan fingerprint density at radius 2 is 1.76 bits per heavy atom. The summed E-state index contributed by atoms with van der Waals surface area (Å²) >= 11 is 0. The van der Waals surface area contributed by atoms with Gasteiger partial charge in [-0.1, -0.05) is 26.0 Å². The van der Waals surface area contributed by atoms with Crippen LogP contribution in [0.25, 0.3) is 11.0 Å². The summed E-state index contributed by atoms with van der Waals surface area (Å²) in [6.45, 7) is 5.75. The molecule has 1 aliphatic rings. The fraction of sp³-hybridized carbons (Fsp3) is 0.474. The van der Waals surface area contributed by atoms with Crippen LogP contribution in [0.2, 0.25) is 0 Å². The lowest BCUT2D eigenvalue weighted by Crippen LogP contribution is -2.58. The maximum absolute atomic E-state index is 12.9. The van der Waals surface area contributed by atoms with Crippen LogP contribution >= 0.6 is 0 Å². The summed E-state index contributed by atoms with van der Waals surface area (Å²) < 4.78 is 1.94. The van der Waals surface area contributed by atoms with Crippen LogP contribution in [-0.4, -0.2) is 62.4 Å². The summed E-state index contributed by atoms with van der Waals surface area (Å²) in [6, 6.07) is 4.65. The van der Waals surface area contributed by atoms with E-state index in [4.69, 9.17) is 5.11 Å². The quantitative estimate of drug-likeness (QED) is 0.556. The van der Waals surface area contributed by atoms with Crippen molar-refractivity contribution in [3.8, 4) is 0 Å². The number of rotatable bonds is 6. The number of urea groups is 1. The van der Waals surface area contributed by atoms with E-state index in [9.17, 15) is 19.5 Å². The number of aliphatic carboxylic acids is 1. The molecule has 1 aromatic heterocycles. The highest BCUT2D eigenvalue weighted by Crippen LogP contribution is 2.27. The van der Waals surface area contributed by atoms with Gasteiger partial charge < -0.3 is 25.4 Å². The second kappa shape index (κ2) is 8.08. The predicted molar refractivity (Wildman–Crippen MR) is 105 cm³/mol. The number of carboxylic acids is 1. The molecular weight excluding hydrogens is 378 g/mol. The third-order valence-electron chi connectivity index (χ3n) is 4.94. The first-order chi connectivity index (χ1) is 13.7. The van der Waals surface area contributed by atoms with Gasteiger partial charge in [0.15, 0.2) is 6.04 Å². The molecule has 0 fully saturated rings. The molecule has 3 rings (SSSR count). The number of aliphatic hydroxyl groups excluding tert-OH is 1. The molecule has 0 aliphatic carbocycles. The largest absolute Gasteiger partial charge is 0.480 e. The summed E-state index contributed by atoms with van der Waals surface area (Å²) in [5.74, 6) is -1.83. The lowest BCUT2D eigenvalue weighted by atomic mass is 10.0. The van der Waals surface area contributed by atoms with Crippen molar-refractivity contribution in [2.45, 2.75) is 45.5 Å². The number of carbonyl (C=O) groups excluding carboxylic acids is 2. The third kappa shape index (κ3) is 4.02. The molecule has 3 amide bonds. The van der Waals surface area contributed by atoms with Gasteiger partial charge in [0.2, 0.25) is 11.9 Å². The highest BCUT2D eigenvalue weighted by atomic mass is 16.4. The Kier molecular flexibility index (Phi) is 5.73. The Labute approximate surface area is 167 Å². The van der Waals surface area contributed by atoms with E-state index in [1.54, 1.807) is 13.8 Å². The first-order valence-corrected chi connectivity index (χ1v) is 9.45. The maximum Gasteiger partial charge on any atom is 0.328 e. The van der Waals surface area contributed by atoms with Gasteiger partial charge in [-0.15, -0.1) is 0 Å². The first-order valence-electron chi connectivity index (χ1n) is 9.45. The van der Waals surface area contributed by atoms with Gasteiger partial charge in [-0.25, -0.2) is 14.6 Å². The molecule has 2 aromatic rings. The van der Waals surface area contributed by atoms with Gasteiger partial charge in [0.1, 0.15) is 6.04 Å². The highest BCUT2D eigenvalue weighted by Gasteiger charge is 2.34. The van der Waals surface area contributed by atoms with Crippen LogP contribution < -0.4 is 15.5 Å². The van der Waals surface area contributed by atoms with Crippen molar-refractivity contribution < 1.29 is 24.6 Å². The Bertz CT molecular complexity index is 938. The van der Waals surface area contributed by atoms with E-state index in [1.807, 2.05) is 28.8 Å². The number of nitrogens with one attached hydrogen (secondary N) is 2. The van der Waals surface area contributed by atoms with Crippen LogP contribution in [0.4, 0.5) is 10.7 Å². The molecule has 2 heterocycles. The van der Waals surface area contributed by atoms with Crippen molar-refractivity contribution >= 4 is 34.9 Å². The molecule has 0 spiro atoms. The highest BCUT2D eigenvalue weighted by molar-refractivity contribution is 5.97. The van der Waals surface area contributed by atoms with E-state index in [0.717, 1.165) is 11.0 Å². The van der Waals surface area contributed by atoms with Crippen LogP contribution in [0.3, 0.4) is 0 Å². The normalized spacial score (nSPS) is 16.4. The Morgan fingerprint density at radius 3 is 2.38 bits per heavy atom. The standard InChI is InChI=1S/C19H25N5O5/c1-10(2)14(16(26)21-15(11(3)25)17(27)28)22-19(29)24-9-8-23-13-7-5-4-6-12(13)20-18(23)24/h4-7,10-11,14-15,25H,8-9H2,1-3H3,(H,21,26)(H,22,29)(H,27,28). The Balaban J connectivity index is 1.76. The minimum Gasteiger partial charge on any atom is -0.480 e. The first kappa shape index (κ1) is 20.6. The lowest BCUT2D eigenvalue weighted by molar-refractivity contribution is -0.145. The summed E-state index contributed by atoms with van der Waals surface area (Å²) in [6.07, 6.45) is -1.28. The fourth-order valence-electron chi connectivity index (χ4n) is 3.36. The number of imidazole rings is 1. The molecule has 0 saturated carbocycles. The van der Waals surface area contributed by atoms with Gasteiger partial charge in [0, 0.05) is 13.1 Å². The van der Waals surface area contributed by atoms with Gasteiger partial charge >= 0.3 is 12.0 Å². The number of hydrogen-bond acceptors (Lipinski definition) is 5. The van der Waals surface area contributed by atoms with Crippen molar-refractivity contribution in [3.05, 3.63) is 24.3 Å². The third-order valence-corrected chi connectivity index (χ3v) is 4.94. The molecule has 1 aromatic carbocycles. The number of nitrogens with zero attached hydrogens (tertiary/aromatic N) is 3. The van der Waals surface area contributed by atoms with Crippen LogP contribution in [0.5, 0.6) is 0 Å². The van der Waals surface area contributed by atoms with Crippen LogP contribution in [0.1, 0.15) is 20.8 Å². The van der Waals surface area contributed by atoms with Crippen molar-refractivity contribution in [2.24, 2.45) is 5.92 Å². The Morgan fingerprint density at radius 1 is 1.07 bits per heavy atom. The number of aliphatic hydroxyl groups is 1. The maximum atomic E-state index is 12.9. The minimum absolute atomic E-state index is 0.302. The van der Waals surface area contributed by atoms with E-state index in [1.165, 1.54) is 11.8 Å². The molecule has 29 heavy (non-hydrogen) atoms. The van der Waals surface area contributed by atoms with Gasteiger partial charge in [-0.3, -0.25) is 9.69 Å². The zero-order valence-corrected chi connectivity index (χ0v) is 16.5. The SMILES string of the molecule is CC(C)C(NC(=O)N1CCn2c1nc1ccccc12)C(=O)NC(C(=O)O)C(C)O. The van der Waals surface area contributed by atoms with E-state index >= 15 is 0 Å². The molecule has 4 N–H and O–H groups in total. The summed E-state index contributed by atoms with van der Waals surface area (Å²) in [5.41, 5.74) is 1.71. The molecule has 156 valence electrons. The number of carbonyl (C=O) groups is 3. The topological polar surface area (TPSA) is 137 Å². The number of aromatic nitrogens is 2. The molecule has 0 bridgehead atoms. The van der Waals surface area contributed by atoms with Gasteiger partial charge in [0.05, 0.1) is 17.1 Å². The average Bonchev–Trinajstić information content (AvgIpc) is 3.22. The zero-order valence-electron chi connectivity index (χ0n) is 16.5. The van der Waals surface area contributed by atoms with Crippen molar-refractivity contribution in [2.75, 3.05) is 11.4 Å². The molecular formula is C19H25N5O5. The fourth-order valence-corrected chi connectivity index (χ4v) is 3.36. The van der Waals surface area contributed by atoms with Crippen molar-refractivity contribution in [3.63, 3.8) is 0 Å². The van der Waals surface area contributed by atoms with Gasteiger partial charge in [-0.2, -0.15) is 0 Å². The summed E-state index contributed by atoms with van der Waals surface area (Å²) in [4.78, 5) is 42.7. The molecule has 3 atom stereocenters. The van der Waals surface area contributed by atoms with Crippen LogP contribution in [0, 0.1) is 5.92 Å². The number of anilines is 1. The second-order valence-electron chi connectivity index (χ2n) is 7.44. The smallest absolute Gasteiger partial charge is 0.328 e. The number of carboxylic acid groups (broad SMARTS) is 1. The van der Waals surface area contributed by atoms with Crippen LogP contribution in [-0.2, 0) is 16.1 Å². The second-order valence-corrected chi connectivity index (χ2v) is 7.44. The molecule has 10 nitrogen and oxygen atoms in total. The lowest BCUT2D eigenvalue weighted by Gasteiger charge is -2.26.